The quantitative estimate of drug-likeness (QED) is 0.603. The molecule has 0 saturated heterocycles. The van der Waals surface area contributed by atoms with Gasteiger partial charge in [-0.25, -0.2) is 0 Å². The highest BCUT2D eigenvalue weighted by Crippen LogP contribution is 2.11. The molecule has 0 aliphatic heterocycles. The van der Waals surface area contributed by atoms with Gasteiger partial charge in [-0.1, -0.05) is 31.9 Å². The molecule has 0 heterocycles. The predicted molar refractivity (Wildman–Crippen MR) is 39.1 cm³/mol. The summed E-state index contributed by atoms with van der Waals surface area (Å²) < 4.78 is 0. The van der Waals surface area contributed by atoms with Crippen LogP contribution in [0.3, 0.4) is 0 Å². The summed E-state index contributed by atoms with van der Waals surface area (Å²) in [6, 6.07) is 0. The van der Waals surface area contributed by atoms with Gasteiger partial charge in [0.15, 0.2) is 0 Å². The number of carbonyl (C=O) groups excluding carboxylic acids is 1. The SMILES string of the molecule is O=C[C@H](Br)[C@@H](Br)C(=O)O. The maximum absolute atomic E-state index is 10.1. The van der Waals surface area contributed by atoms with E-state index in [0.29, 0.717) is 6.29 Å². The Kier molecular flexibility index (Phi) is 4.05. The Morgan fingerprint density at radius 2 is 2.00 bits per heavy atom. The Hall–Kier alpha value is 0.1000. The third-order valence-electron chi connectivity index (χ3n) is 0.645. The maximum atomic E-state index is 10.1. The van der Waals surface area contributed by atoms with Gasteiger partial charge in [0, 0.05) is 0 Å². The molecule has 0 bridgehead atoms. The lowest BCUT2D eigenvalue weighted by molar-refractivity contribution is -0.136. The zero-order valence-electron chi connectivity index (χ0n) is 4.25. The number of carboxylic acids is 1. The fourth-order valence-corrected chi connectivity index (χ4v) is 0.556. The second-order valence-electron chi connectivity index (χ2n) is 1.32. The van der Waals surface area contributed by atoms with Crippen LogP contribution in [0.5, 0.6) is 0 Å². The number of carboxylic acid groups (broad SMARTS) is 1. The van der Waals surface area contributed by atoms with Crippen molar-refractivity contribution in [3.63, 3.8) is 0 Å². The molecule has 0 aromatic carbocycles. The zero-order valence-corrected chi connectivity index (χ0v) is 7.42. The first-order valence-electron chi connectivity index (χ1n) is 2.06. The Balaban J connectivity index is 3.86. The minimum absolute atomic E-state index is 0.521. The number of hydrogen-bond acceptors (Lipinski definition) is 2. The summed E-state index contributed by atoms with van der Waals surface area (Å²) in [7, 11) is 0. The average Bonchev–Trinajstić information content (AvgIpc) is 1.84. The van der Waals surface area contributed by atoms with Crippen molar-refractivity contribution < 1.29 is 14.7 Å². The van der Waals surface area contributed by atoms with Crippen molar-refractivity contribution in [1.29, 1.82) is 0 Å². The highest BCUT2D eigenvalue weighted by Gasteiger charge is 2.21. The topological polar surface area (TPSA) is 54.4 Å². The van der Waals surface area contributed by atoms with Crippen LogP contribution in [0, 0.1) is 0 Å². The molecular weight excluding hydrogens is 256 g/mol. The van der Waals surface area contributed by atoms with Gasteiger partial charge in [0.05, 0.1) is 4.83 Å². The lowest BCUT2D eigenvalue weighted by Gasteiger charge is -2.02. The number of hydrogen-bond donors (Lipinski definition) is 1. The molecule has 2 atom stereocenters. The first-order valence-corrected chi connectivity index (χ1v) is 3.89. The van der Waals surface area contributed by atoms with E-state index in [9.17, 15) is 9.59 Å². The number of carbonyl (C=O) groups is 2. The van der Waals surface area contributed by atoms with Gasteiger partial charge in [0.25, 0.3) is 0 Å². The smallest absolute Gasteiger partial charge is 0.318 e. The fourth-order valence-electron chi connectivity index (χ4n) is 0.205. The predicted octanol–water partition coefficient (Wildman–Crippen LogP) is 0.797. The van der Waals surface area contributed by atoms with Gasteiger partial charge in [0.1, 0.15) is 11.1 Å². The van der Waals surface area contributed by atoms with Crippen LogP contribution in [0.4, 0.5) is 0 Å². The molecule has 52 valence electrons. The van der Waals surface area contributed by atoms with Crippen molar-refractivity contribution >= 4 is 44.1 Å². The summed E-state index contributed by atoms with van der Waals surface area (Å²) in [5.74, 6) is -1.05. The summed E-state index contributed by atoms with van der Waals surface area (Å²) in [5.41, 5.74) is 0. The van der Waals surface area contributed by atoms with E-state index in [2.05, 4.69) is 31.9 Å². The molecule has 0 unspecified atom stereocenters. The van der Waals surface area contributed by atoms with E-state index in [1.54, 1.807) is 0 Å². The van der Waals surface area contributed by atoms with Crippen LogP contribution in [0.15, 0.2) is 0 Å². The molecule has 0 radical (unpaired) electrons. The summed E-state index contributed by atoms with van der Waals surface area (Å²) in [6.45, 7) is 0. The Morgan fingerprint density at radius 3 is 2.11 bits per heavy atom. The van der Waals surface area contributed by atoms with Crippen LogP contribution in [0.1, 0.15) is 0 Å². The van der Waals surface area contributed by atoms with Crippen LogP contribution in [-0.4, -0.2) is 27.0 Å². The molecule has 9 heavy (non-hydrogen) atoms. The molecule has 0 amide bonds. The molecule has 0 spiro atoms. The third kappa shape index (κ3) is 2.95. The normalized spacial score (nSPS) is 16.2. The zero-order chi connectivity index (χ0) is 7.44. The monoisotopic (exact) mass is 258 g/mol. The second-order valence-corrected chi connectivity index (χ2v) is 3.36. The molecule has 0 aromatic heterocycles. The number of aldehydes is 1. The molecule has 3 nitrogen and oxygen atoms in total. The highest BCUT2D eigenvalue weighted by atomic mass is 79.9. The van der Waals surface area contributed by atoms with Crippen molar-refractivity contribution in [3.8, 4) is 0 Å². The standard InChI is InChI=1S/C4H4Br2O3/c5-2(1-7)3(6)4(8)9/h1-3H,(H,8,9)/t2-,3+/m0/s1. The Morgan fingerprint density at radius 1 is 1.56 bits per heavy atom. The van der Waals surface area contributed by atoms with Crippen LogP contribution >= 0.6 is 31.9 Å². The minimum atomic E-state index is -1.05. The summed E-state index contributed by atoms with van der Waals surface area (Å²) in [6.07, 6.45) is 0.521. The Labute approximate surface area is 68.7 Å². The first-order chi connectivity index (χ1) is 4.09. The van der Waals surface area contributed by atoms with E-state index in [1.807, 2.05) is 0 Å². The van der Waals surface area contributed by atoms with Crippen LogP contribution in [-0.2, 0) is 9.59 Å². The molecule has 0 aromatic rings. The highest BCUT2D eigenvalue weighted by molar-refractivity contribution is 9.12. The lowest BCUT2D eigenvalue weighted by Crippen LogP contribution is -2.24. The molecule has 0 rings (SSSR count). The summed E-state index contributed by atoms with van der Waals surface area (Å²) in [4.78, 5) is 18.5. The number of rotatable bonds is 3. The third-order valence-corrected chi connectivity index (χ3v) is 3.06. The van der Waals surface area contributed by atoms with Crippen molar-refractivity contribution in [2.45, 2.75) is 9.65 Å². The molecular formula is C4H4Br2O3. The molecule has 0 aliphatic carbocycles. The fraction of sp³-hybridized carbons (Fsp3) is 0.500. The van der Waals surface area contributed by atoms with E-state index in [-0.39, 0.29) is 0 Å². The number of alkyl halides is 2. The van der Waals surface area contributed by atoms with Gasteiger partial charge in [-0.3, -0.25) is 4.79 Å². The van der Waals surface area contributed by atoms with Gasteiger partial charge < -0.3 is 9.90 Å². The average molecular weight is 260 g/mol. The van der Waals surface area contributed by atoms with Gasteiger partial charge in [0.2, 0.25) is 0 Å². The molecule has 1 N–H and O–H groups in total. The van der Waals surface area contributed by atoms with Gasteiger partial charge in [-0.05, 0) is 0 Å². The Bertz CT molecular complexity index is 125. The van der Waals surface area contributed by atoms with E-state index in [0.717, 1.165) is 0 Å². The van der Waals surface area contributed by atoms with E-state index in [4.69, 9.17) is 5.11 Å². The summed E-state index contributed by atoms with van der Waals surface area (Å²) in [5, 5.41) is 8.25. The maximum Gasteiger partial charge on any atom is 0.318 e. The second kappa shape index (κ2) is 4.00. The minimum Gasteiger partial charge on any atom is -0.480 e. The van der Waals surface area contributed by atoms with Crippen LogP contribution in [0.2, 0.25) is 0 Å². The van der Waals surface area contributed by atoms with Crippen LogP contribution < -0.4 is 0 Å². The first kappa shape index (κ1) is 9.10. The van der Waals surface area contributed by atoms with Crippen molar-refractivity contribution in [2.75, 3.05) is 0 Å². The van der Waals surface area contributed by atoms with E-state index in [1.165, 1.54) is 0 Å². The summed E-state index contributed by atoms with van der Waals surface area (Å²) >= 11 is 5.64. The molecule has 5 heteroatoms. The molecule has 0 aliphatic rings. The van der Waals surface area contributed by atoms with Gasteiger partial charge >= 0.3 is 5.97 Å². The number of aliphatic carboxylic acids is 1. The van der Waals surface area contributed by atoms with Crippen molar-refractivity contribution in [2.24, 2.45) is 0 Å². The molecule has 0 saturated carbocycles. The van der Waals surface area contributed by atoms with Gasteiger partial charge in [-0.15, -0.1) is 0 Å². The molecule has 0 fully saturated rings. The van der Waals surface area contributed by atoms with E-state index < -0.39 is 15.6 Å². The number of halogens is 2. The van der Waals surface area contributed by atoms with Crippen molar-refractivity contribution in [1.82, 2.24) is 0 Å². The van der Waals surface area contributed by atoms with Crippen molar-refractivity contribution in [3.05, 3.63) is 0 Å². The van der Waals surface area contributed by atoms with E-state index >= 15 is 0 Å². The lowest BCUT2D eigenvalue weighted by atomic mass is 10.3. The van der Waals surface area contributed by atoms with Gasteiger partial charge in [-0.2, -0.15) is 0 Å². The largest absolute Gasteiger partial charge is 0.480 e. The van der Waals surface area contributed by atoms with Crippen LogP contribution in [0.25, 0.3) is 0 Å².